The van der Waals surface area contributed by atoms with Crippen molar-refractivity contribution in [2.45, 2.75) is 49.0 Å². The Labute approximate surface area is 129 Å². The molecule has 0 aromatic carbocycles. The molecular formula is C9H15F6NO5S2. The van der Waals surface area contributed by atoms with Gasteiger partial charge in [-0.3, -0.25) is 4.55 Å². The molecule has 0 bridgehead atoms. The van der Waals surface area contributed by atoms with E-state index in [2.05, 4.69) is 0 Å². The maximum Gasteiger partial charge on any atom is 0.439 e. The van der Waals surface area contributed by atoms with E-state index in [4.69, 9.17) is 4.55 Å². The van der Waals surface area contributed by atoms with Gasteiger partial charge in [0.15, 0.2) is 0 Å². The number of sulfonamides is 1. The molecule has 23 heavy (non-hydrogen) atoms. The highest BCUT2D eigenvalue weighted by atomic mass is 32.2. The van der Waals surface area contributed by atoms with Crippen molar-refractivity contribution in [2.75, 3.05) is 6.54 Å². The van der Waals surface area contributed by atoms with E-state index in [-0.39, 0.29) is 6.42 Å². The Morgan fingerprint density at radius 2 is 1.35 bits per heavy atom. The molecule has 0 unspecified atom stereocenters. The van der Waals surface area contributed by atoms with Crippen LogP contribution in [0.1, 0.15) is 32.6 Å². The molecule has 0 radical (unpaired) electrons. The molecule has 0 rings (SSSR count). The first-order chi connectivity index (χ1) is 10.1. The molecule has 0 atom stereocenters. The van der Waals surface area contributed by atoms with Crippen LogP contribution in [0.2, 0.25) is 0 Å². The average molecular weight is 395 g/mol. The summed E-state index contributed by atoms with van der Waals surface area (Å²) in [4.78, 5) is 0. The predicted octanol–water partition coefficient (Wildman–Crippen LogP) is 2.19. The maximum absolute atomic E-state index is 13.3. The minimum atomic E-state index is -6.99. The lowest BCUT2D eigenvalue weighted by molar-refractivity contribution is -0.246. The quantitative estimate of drug-likeness (QED) is 0.336. The summed E-state index contributed by atoms with van der Waals surface area (Å²) < 4.78 is 130. The number of halogens is 6. The van der Waals surface area contributed by atoms with Crippen LogP contribution in [0.3, 0.4) is 0 Å². The minimum absolute atomic E-state index is 0.0244. The Kier molecular flexibility index (Phi) is 6.92. The number of hydrogen-bond acceptors (Lipinski definition) is 4. The molecule has 0 saturated carbocycles. The Balaban J connectivity index is 5.44. The van der Waals surface area contributed by atoms with Crippen LogP contribution < -0.4 is 4.72 Å². The van der Waals surface area contributed by atoms with Crippen LogP contribution in [-0.4, -0.2) is 44.4 Å². The van der Waals surface area contributed by atoms with Gasteiger partial charge in [-0.05, 0) is 6.42 Å². The Morgan fingerprint density at radius 1 is 0.870 bits per heavy atom. The Morgan fingerprint density at radius 3 is 1.74 bits per heavy atom. The fourth-order valence-corrected chi connectivity index (χ4v) is 2.93. The molecule has 0 aliphatic carbocycles. The second-order valence-corrected chi connectivity index (χ2v) is 7.81. The van der Waals surface area contributed by atoms with E-state index < -0.39 is 43.1 Å². The second-order valence-electron chi connectivity index (χ2n) is 4.54. The molecule has 0 amide bonds. The predicted molar refractivity (Wildman–Crippen MR) is 67.5 cm³/mol. The molecule has 0 aromatic heterocycles. The van der Waals surface area contributed by atoms with Crippen molar-refractivity contribution in [3.05, 3.63) is 0 Å². The lowest BCUT2D eigenvalue weighted by atomic mass is 10.2. The summed E-state index contributed by atoms with van der Waals surface area (Å²) >= 11 is 0. The Bertz CT molecular complexity index is 604. The minimum Gasteiger partial charge on any atom is -0.281 e. The number of alkyl halides is 6. The summed E-state index contributed by atoms with van der Waals surface area (Å²) in [5.41, 5.74) is 0. The lowest BCUT2D eigenvalue weighted by Gasteiger charge is -2.30. The number of unbranched alkanes of at least 4 members (excludes halogenated alkanes) is 3. The molecule has 0 aliphatic rings. The first-order valence-electron chi connectivity index (χ1n) is 6.16. The zero-order chi connectivity index (χ0) is 18.7. The summed E-state index contributed by atoms with van der Waals surface area (Å²) in [7, 11) is -13.3. The van der Waals surface area contributed by atoms with Crippen LogP contribution in [0.25, 0.3) is 0 Å². The lowest BCUT2D eigenvalue weighted by Crippen LogP contribution is -2.62. The highest BCUT2D eigenvalue weighted by Crippen LogP contribution is 2.50. The molecule has 0 aromatic rings. The highest BCUT2D eigenvalue weighted by Gasteiger charge is 2.82. The molecule has 0 saturated heterocycles. The summed E-state index contributed by atoms with van der Waals surface area (Å²) in [6, 6.07) is 0. The third-order valence-electron chi connectivity index (χ3n) is 2.71. The van der Waals surface area contributed by atoms with Crippen LogP contribution in [0.4, 0.5) is 26.3 Å². The molecule has 2 N–H and O–H groups in total. The van der Waals surface area contributed by atoms with E-state index in [1.54, 1.807) is 6.92 Å². The average Bonchev–Trinajstić information content (AvgIpc) is 2.36. The van der Waals surface area contributed by atoms with Gasteiger partial charge in [-0.15, -0.1) is 0 Å². The third-order valence-corrected chi connectivity index (χ3v) is 5.13. The summed E-state index contributed by atoms with van der Waals surface area (Å²) in [5.74, 6) is -6.90. The molecule has 0 spiro atoms. The van der Waals surface area contributed by atoms with Gasteiger partial charge in [-0.1, -0.05) is 26.2 Å². The van der Waals surface area contributed by atoms with Crippen molar-refractivity contribution >= 4 is 20.1 Å². The molecule has 140 valence electrons. The number of rotatable bonds is 10. The van der Waals surface area contributed by atoms with Gasteiger partial charge in [0.25, 0.3) is 10.0 Å². The third kappa shape index (κ3) is 4.28. The topological polar surface area (TPSA) is 101 Å². The van der Waals surface area contributed by atoms with Gasteiger partial charge in [0.1, 0.15) is 0 Å². The maximum atomic E-state index is 13.3. The van der Waals surface area contributed by atoms with E-state index in [1.165, 1.54) is 0 Å². The molecule has 6 nitrogen and oxygen atoms in total. The van der Waals surface area contributed by atoms with E-state index in [0.29, 0.717) is 19.3 Å². The monoisotopic (exact) mass is 395 g/mol. The molecule has 14 heteroatoms. The van der Waals surface area contributed by atoms with Crippen LogP contribution >= 0.6 is 0 Å². The van der Waals surface area contributed by atoms with Gasteiger partial charge in [-0.2, -0.15) is 34.8 Å². The van der Waals surface area contributed by atoms with Crippen molar-refractivity contribution in [2.24, 2.45) is 0 Å². The SMILES string of the molecule is CCCCCCNS(=O)(=O)C(F)(F)C(F)(F)C(F)(F)S(=O)(=O)O. The highest BCUT2D eigenvalue weighted by molar-refractivity contribution is 7.90. The largest absolute Gasteiger partial charge is 0.439 e. The summed E-state index contributed by atoms with van der Waals surface area (Å²) in [6.07, 6.45) is 1.63. The van der Waals surface area contributed by atoms with Crippen molar-refractivity contribution in [1.29, 1.82) is 0 Å². The van der Waals surface area contributed by atoms with Crippen molar-refractivity contribution in [3.8, 4) is 0 Å². The molecular weight excluding hydrogens is 380 g/mol. The van der Waals surface area contributed by atoms with Gasteiger partial charge in [0.2, 0.25) is 0 Å². The van der Waals surface area contributed by atoms with Crippen LogP contribution in [0, 0.1) is 0 Å². The smallest absolute Gasteiger partial charge is 0.281 e. The fourth-order valence-electron chi connectivity index (χ4n) is 1.35. The van der Waals surface area contributed by atoms with Crippen molar-refractivity contribution < 1.29 is 47.7 Å². The first-order valence-corrected chi connectivity index (χ1v) is 9.08. The zero-order valence-electron chi connectivity index (χ0n) is 11.7. The summed E-state index contributed by atoms with van der Waals surface area (Å²) in [6.45, 7) is 1.04. The van der Waals surface area contributed by atoms with Gasteiger partial charge in [0.05, 0.1) is 0 Å². The van der Waals surface area contributed by atoms with E-state index in [9.17, 15) is 43.2 Å². The number of nitrogens with one attached hydrogen (secondary N) is 1. The fraction of sp³-hybridized carbons (Fsp3) is 1.00. The van der Waals surface area contributed by atoms with E-state index in [0.717, 1.165) is 4.72 Å². The van der Waals surface area contributed by atoms with E-state index >= 15 is 0 Å². The van der Waals surface area contributed by atoms with Crippen LogP contribution in [-0.2, 0) is 20.1 Å². The van der Waals surface area contributed by atoms with Gasteiger partial charge in [0, 0.05) is 6.54 Å². The number of hydrogen-bond donors (Lipinski definition) is 2. The molecule has 0 aliphatic heterocycles. The van der Waals surface area contributed by atoms with Gasteiger partial charge >= 0.3 is 26.5 Å². The molecule has 0 heterocycles. The van der Waals surface area contributed by atoms with Gasteiger partial charge in [-0.25, -0.2) is 13.1 Å². The van der Waals surface area contributed by atoms with Crippen LogP contribution in [0.5, 0.6) is 0 Å². The second kappa shape index (κ2) is 7.11. The molecule has 0 fully saturated rings. The first kappa shape index (κ1) is 22.4. The van der Waals surface area contributed by atoms with Gasteiger partial charge < -0.3 is 0 Å². The Hall–Kier alpha value is -0.600. The van der Waals surface area contributed by atoms with E-state index in [1.807, 2.05) is 0 Å². The standard InChI is InChI=1S/C9H15F6NO5S2/c1-2-3-4-5-6-16-22(17,18)8(12,13)7(10,11)9(14,15)23(19,20)21/h16H,2-6H2,1H3,(H,19,20,21). The normalized spacial score (nSPS) is 15.0. The van der Waals surface area contributed by atoms with Crippen molar-refractivity contribution in [1.82, 2.24) is 4.72 Å². The summed E-state index contributed by atoms with van der Waals surface area (Å²) in [5, 5.41) is -13.2. The van der Waals surface area contributed by atoms with Crippen molar-refractivity contribution in [3.63, 3.8) is 0 Å². The van der Waals surface area contributed by atoms with Crippen LogP contribution in [0.15, 0.2) is 0 Å². The zero-order valence-corrected chi connectivity index (χ0v) is 13.3.